The molecule has 0 aliphatic carbocycles. The molecule has 0 unspecified atom stereocenters. The Kier molecular flexibility index (Phi) is 4.86. The highest BCUT2D eigenvalue weighted by molar-refractivity contribution is 7.98. The zero-order chi connectivity index (χ0) is 14.7. The van der Waals surface area contributed by atoms with Gasteiger partial charge in [-0.05, 0) is 30.9 Å². The second kappa shape index (κ2) is 6.43. The van der Waals surface area contributed by atoms with E-state index in [2.05, 4.69) is 15.3 Å². The van der Waals surface area contributed by atoms with Crippen molar-refractivity contribution in [1.29, 1.82) is 0 Å². The highest BCUT2D eigenvalue weighted by Crippen LogP contribution is 2.22. The number of rotatable bonds is 3. The van der Waals surface area contributed by atoms with Crippen LogP contribution in [0.1, 0.15) is 15.9 Å². The summed E-state index contributed by atoms with van der Waals surface area (Å²) in [4.78, 5) is 20.2. The summed E-state index contributed by atoms with van der Waals surface area (Å²) in [7, 11) is 0. The standard InChI is InChI=1S/C13H11Cl2N3OS/c1-7-3-4-8(5-10(7)14)17-12(19)9-6-16-13(20-2)18-11(9)15/h3-6H,1-2H3,(H,17,19). The molecule has 20 heavy (non-hydrogen) atoms. The number of hydrogen-bond donors (Lipinski definition) is 1. The van der Waals surface area contributed by atoms with Gasteiger partial charge in [0.25, 0.3) is 5.91 Å². The van der Waals surface area contributed by atoms with Crippen LogP contribution in [0, 0.1) is 6.92 Å². The van der Waals surface area contributed by atoms with Gasteiger partial charge in [-0.1, -0.05) is 41.0 Å². The summed E-state index contributed by atoms with van der Waals surface area (Å²) in [5, 5.41) is 3.94. The lowest BCUT2D eigenvalue weighted by Gasteiger charge is -2.08. The molecule has 0 aliphatic rings. The van der Waals surface area contributed by atoms with Crippen molar-refractivity contribution in [3.05, 3.63) is 45.7 Å². The number of nitrogens with one attached hydrogen (secondary N) is 1. The van der Waals surface area contributed by atoms with Crippen molar-refractivity contribution in [2.45, 2.75) is 12.1 Å². The zero-order valence-electron chi connectivity index (χ0n) is 10.8. The fraction of sp³-hybridized carbons (Fsp3) is 0.154. The third-order valence-corrected chi connectivity index (χ3v) is 3.83. The normalized spacial score (nSPS) is 10.4. The minimum Gasteiger partial charge on any atom is -0.322 e. The Morgan fingerprint density at radius 2 is 2.10 bits per heavy atom. The third-order valence-electron chi connectivity index (χ3n) is 2.58. The summed E-state index contributed by atoms with van der Waals surface area (Å²) in [5.41, 5.74) is 1.76. The summed E-state index contributed by atoms with van der Waals surface area (Å²) in [6.45, 7) is 1.89. The number of anilines is 1. The number of amides is 1. The lowest BCUT2D eigenvalue weighted by molar-refractivity contribution is 0.102. The predicted molar refractivity (Wildman–Crippen MR) is 83.0 cm³/mol. The molecule has 0 bridgehead atoms. The van der Waals surface area contributed by atoms with Crippen LogP contribution in [0.25, 0.3) is 0 Å². The van der Waals surface area contributed by atoms with Crippen LogP contribution in [0.5, 0.6) is 0 Å². The lowest BCUT2D eigenvalue weighted by Crippen LogP contribution is -2.13. The van der Waals surface area contributed by atoms with E-state index < -0.39 is 0 Å². The summed E-state index contributed by atoms with van der Waals surface area (Å²) < 4.78 is 0. The molecule has 7 heteroatoms. The highest BCUT2D eigenvalue weighted by atomic mass is 35.5. The molecule has 0 radical (unpaired) electrons. The van der Waals surface area contributed by atoms with Gasteiger partial charge in [0.15, 0.2) is 5.16 Å². The van der Waals surface area contributed by atoms with Crippen LogP contribution in [-0.4, -0.2) is 22.1 Å². The number of thioether (sulfide) groups is 1. The highest BCUT2D eigenvalue weighted by Gasteiger charge is 2.13. The minimum atomic E-state index is -0.373. The monoisotopic (exact) mass is 327 g/mol. The third kappa shape index (κ3) is 3.42. The van der Waals surface area contributed by atoms with Crippen LogP contribution < -0.4 is 5.32 Å². The number of aromatic nitrogens is 2. The molecule has 1 aromatic heterocycles. The second-order valence-corrected chi connectivity index (χ2v) is 5.52. The smallest absolute Gasteiger partial charge is 0.260 e. The van der Waals surface area contributed by atoms with Crippen LogP contribution in [0.15, 0.2) is 29.6 Å². The van der Waals surface area contributed by atoms with Crippen LogP contribution in [0.2, 0.25) is 10.2 Å². The average Bonchev–Trinajstić information content (AvgIpc) is 2.42. The first-order valence-corrected chi connectivity index (χ1v) is 7.63. The predicted octanol–water partition coefficient (Wildman–Crippen LogP) is 4.07. The summed E-state index contributed by atoms with van der Waals surface area (Å²) >= 11 is 13.3. The maximum atomic E-state index is 12.1. The van der Waals surface area contributed by atoms with Crippen molar-refractivity contribution in [2.24, 2.45) is 0 Å². The van der Waals surface area contributed by atoms with Gasteiger partial charge in [-0.2, -0.15) is 0 Å². The molecule has 0 saturated carbocycles. The molecule has 1 aromatic carbocycles. The van der Waals surface area contributed by atoms with Crippen molar-refractivity contribution in [1.82, 2.24) is 9.97 Å². The molecule has 0 atom stereocenters. The minimum absolute atomic E-state index is 0.125. The SMILES string of the molecule is CSc1ncc(C(=O)Nc2ccc(C)c(Cl)c2)c(Cl)n1. The largest absolute Gasteiger partial charge is 0.322 e. The summed E-state index contributed by atoms with van der Waals surface area (Å²) in [6.07, 6.45) is 3.24. The van der Waals surface area contributed by atoms with Gasteiger partial charge in [0.1, 0.15) is 5.15 Å². The average molecular weight is 328 g/mol. The number of aryl methyl sites for hydroxylation is 1. The van der Waals surface area contributed by atoms with Gasteiger partial charge in [0.05, 0.1) is 5.56 Å². The van der Waals surface area contributed by atoms with Crippen LogP contribution >= 0.6 is 35.0 Å². The quantitative estimate of drug-likeness (QED) is 0.524. The van der Waals surface area contributed by atoms with Crippen molar-refractivity contribution in [3.8, 4) is 0 Å². The molecule has 0 saturated heterocycles. The van der Waals surface area contributed by atoms with Crippen LogP contribution in [0.4, 0.5) is 5.69 Å². The van der Waals surface area contributed by atoms with Gasteiger partial charge in [-0.25, -0.2) is 9.97 Å². The summed E-state index contributed by atoms with van der Waals surface area (Å²) in [6, 6.07) is 5.27. The van der Waals surface area contributed by atoms with Crippen molar-refractivity contribution in [2.75, 3.05) is 11.6 Å². The number of halogens is 2. The van der Waals surface area contributed by atoms with E-state index >= 15 is 0 Å². The molecule has 2 aromatic rings. The Morgan fingerprint density at radius 1 is 1.35 bits per heavy atom. The van der Waals surface area contributed by atoms with E-state index in [1.807, 2.05) is 19.2 Å². The fourth-order valence-corrected chi connectivity index (χ4v) is 2.25. The molecular weight excluding hydrogens is 317 g/mol. The van der Waals surface area contributed by atoms with Gasteiger partial charge in [0.2, 0.25) is 0 Å². The summed E-state index contributed by atoms with van der Waals surface area (Å²) in [5.74, 6) is -0.373. The van der Waals surface area contributed by atoms with Gasteiger partial charge in [-0.3, -0.25) is 4.79 Å². The number of carbonyl (C=O) groups excluding carboxylic acids is 1. The van der Waals surface area contributed by atoms with E-state index in [4.69, 9.17) is 23.2 Å². The first-order valence-electron chi connectivity index (χ1n) is 5.65. The number of nitrogens with zero attached hydrogens (tertiary/aromatic N) is 2. The first kappa shape index (κ1) is 15.1. The zero-order valence-corrected chi connectivity index (χ0v) is 13.1. The van der Waals surface area contributed by atoms with Crippen LogP contribution in [0.3, 0.4) is 0 Å². The molecule has 2 rings (SSSR count). The molecular formula is C13H11Cl2N3OS. The lowest BCUT2D eigenvalue weighted by atomic mass is 10.2. The van der Waals surface area contributed by atoms with Crippen LogP contribution in [-0.2, 0) is 0 Å². The van der Waals surface area contributed by atoms with Crippen molar-refractivity contribution >= 4 is 46.6 Å². The Labute approximate surface area is 130 Å². The maximum absolute atomic E-state index is 12.1. The molecule has 1 N–H and O–H groups in total. The van der Waals surface area contributed by atoms with E-state index in [9.17, 15) is 4.79 Å². The molecule has 1 heterocycles. The Bertz CT molecular complexity index is 664. The molecule has 0 fully saturated rings. The Balaban J connectivity index is 2.21. The molecule has 104 valence electrons. The van der Waals surface area contributed by atoms with Gasteiger partial charge in [0, 0.05) is 16.9 Å². The number of carbonyl (C=O) groups is 1. The van der Waals surface area contributed by atoms with Crippen molar-refractivity contribution in [3.63, 3.8) is 0 Å². The first-order chi connectivity index (χ1) is 9.51. The molecule has 0 aliphatic heterocycles. The number of hydrogen-bond acceptors (Lipinski definition) is 4. The van der Waals surface area contributed by atoms with Crippen molar-refractivity contribution < 1.29 is 4.79 Å². The fourth-order valence-electron chi connectivity index (χ4n) is 1.47. The Hall–Kier alpha value is -1.30. The van der Waals surface area contributed by atoms with Gasteiger partial charge in [-0.15, -0.1) is 0 Å². The number of benzene rings is 1. The Morgan fingerprint density at radius 3 is 2.70 bits per heavy atom. The topological polar surface area (TPSA) is 54.9 Å². The van der Waals surface area contributed by atoms with E-state index in [0.29, 0.717) is 15.9 Å². The van der Waals surface area contributed by atoms with E-state index in [1.165, 1.54) is 18.0 Å². The molecule has 1 amide bonds. The van der Waals surface area contributed by atoms with E-state index in [0.717, 1.165) is 5.56 Å². The molecule has 0 spiro atoms. The van der Waals surface area contributed by atoms with E-state index in [-0.39, 0.29) is 16.6 Å². The second-order valence-electron chi connectivity index (χ2n) is 3.98. The molecule has 4 nitrogen and oxygen atoms in total. The maximum Gasteiger partial charge on any atom is 0.260 e. The van der Waals surface area contributed by atoms with Gasteiger partial charge >= 0.3 is 0 Å². The van der Waals surface area contributed by atoms with E-state index in [1.54, 1.807) is 12.1 Å². The van der Waals surface area contributed by atoms with Gasteiger partial charge < -0.3 is 5.32 Å².